The molecule has 2 aliphatic rings. The summed E-state index contributed by atoms with van der Waals surface area (Å²) in [5, 5.41) is 2.71. The molecule has 1 unspecified atom stereocenters. The lowest BCUT2D eigenvalue weighted by molar-refractivity contribution is -0.163. The summed E-state index contributed by atoms with van der Waals surface area (Å²) in [6.45, 7) is 8.00. The van der Waals surface area contributed by atoms with E-state index in [1.807, 2.05) is 72.7 Å². The lowest BCUT2D eigenvalue weighted by Crippen LogP contribution is -2.39. The van der Waals surface area contributed by atoms with Gasteiger partial charge in [-0.3, -0.25) is 9.59 Å². The van der Waals surface area contributed by atoms with Gasteiger partial charge in [0.15, 0.2) is 17.8 Å². The Labute approximate surface area is 260 Å². The van der Waals surface area contributed by atoms with Crippen molar-refractivity contribution in [3.8, 4) is 17.3 Å². The zero-order valence-electron chi connectivity index (χ0n) is 26.2. The smallest absolute Gasteiger partial charge is 0.274 e. The second kappa shape index (κ2) is 15.3. The van der Waals surface area contributed by atoms with E-state index in [1.54, 1.807) is 0 Å². The summed E-state index contributed by atoms with van der Waals surface area (Å²) in [4.78, 5) is 37.5. The fourth-order valence-electron chi connectivity index (χ4n) is 5.99. The summed E-state index contributed by atoms with van der Waals surface area (Å²) in [6.07, 6.45) is 8.77. The van der Waals surface area contributed by atoms with Gasteiger partial charge in [0.2, 0.25) is 12.3 Å². The number of nitrogens with zero attached hydrogens (tertiary/aromatic N) is 4. The van der Waals surface area contributed by atoms with Crippen molar-refractivity contribution in [3.63, 3.8) is 0 Å². The van der Waals surface area contributed by atoms with Crippen LogP contribution < -0.4 is 10.1 Å². The van der Waals surface area contributed by atoms with Gasteiger partial charge in [-0.2, -0.15) is 0 Å². The van der Waals surface area contributed by atoms with E-state index < -0.39 is 0 Å². The first-order valence-corrected chi connectivity index (χ1v) is 16.0. The molecule has 5 rings (SSSR count). The topological polar surface area (TPSA) is 108 Å². The molecule has 3 aromatic rings. The van der Waals surface area contributed by atoms with E-state index in [9.17, 15) is 9.59 Å². The monoisotopic (exact) mass is 603 g/mol. The number of benzene rings is 1. The quantitative estimate of drug-likeness (QED) is 0.179. The van der Waals surface area contributed by atoms with E-state index in [1.165, 1.54) is 12.8 Å². The fraction of sp³-hybridized carbons (Fsp3) is 0.529. The zero-order valence-corrected chi connectivity index (χ0v) is 26.2. The van der Waals surface area contributed by atoms with Crippen LogP contribution in [0.25, 0.3) is 11.4 Å². The van der Waals surface area contributed by atoms with Crippen LogP contribution in [0.1, 0.15) is 87.0 Å². The minimum absolute atomic E-state index is 0.0866. The Bertz CT molecular complexity index is 1380. The summed E-state index contributed by atoms with van der Waals surface area (Å²) in [6, 6.07) is 13.7. The first kappa shape index (κ1) is 31.7. The molecule has 3 heterocycles. The maximum atomic E-state index is 14.4. The summed E-state index contributed by atoms with van der Waals surface area (Å²) in [5.74, 6) is 1.16. The molecule has 1 saturated heterocycles. The SMILES string of the molecule is Cc1nc(OC2CCCC2)ccc1-c1nc(NC=O)c(C(=O)N(CCCOC2CCCCO2)C(C)C)n1Cc1ccccc1. The lowest BCUT2D eigenvalue weighted by Gasteiger charge is -2.28. The maximum absolute atomic E-state index is 14.4. The lowest BCUT2D eigenvalue weighted by atomic mass is 10.1. The predicted molar refractivity (Wildman–Crippen MR) is 169 cm³/mol. The van der Waals surface area contributed by atoms with Crippen molar-refractivity contribution in [2.24, 2.45) is 0 Å². The number of rotatable bonds is 14. The Hall–Kier alpha value is -3.76. The molecule has 236 valence electrons. The Morgan fingerprint density at radius 1 is 1.09 bits per heavy atom. The maximum Gasteiger partial charge on any atom is 0.274 e. The van der Waals surface area contributed by atoms with Gasteiger partial charge in [0.25, 0.3) is 5.91 Å². The second-order valence-corrected chi connectivity index (χ2v) is 11.9. The molecule has 0 spiro atoms. The predicted octanol–water partition coefficient (Wildman–Crippen LogP) is 5.98. The van der Waals surface area contributed by atoms with Gasteiger partial charge in [-0.15, -0.1) is 0 Å². The summed E-state index contributed by atoms with van der Waals surface area (Å²) < 4.78 is 19.7. The highest BCUT2D eigenvalue weighted by molar-refractivity contribution is 6.00. The van der Waals surface area contributed by atoms with Gasteiger partial charge in [0.05, 0.1) is 12.3 Å². The largest absolute Gasteiger partial charge is 0.474 e. The van der Waals surface area contributed by atoms with Gasteiger partial charge in [0, 0.05) is 37.4 Å². The number of carbonyl (C=O) groups excluding carboxylic acids is 2. The van der Waals surface area contributed by atoms with Crippen LogP contribution in [0.2, 0.25) is 0 Å². The van der Waals surface area contributed by atoms with E-state index in [2.05, 4.69) is 5.32 Å². The van der Waals surface area contributed by atoms with Crippen LogP contribution in [0.4, 0.5) is 5.82 Å². The molecule has 1 N–H and O–H groups in total. The highest BCUT2D eigenvalue weighted by Crippen LogP contribution is 2.32. The Morgan fingerprint density at radius 3 is 2.55 bits per heavy atom. The van der Waals surface area contributed by atoms with Crippen molar-refractivity contribution in [3.05, 3.63) is 59.4 Å². The van der Waals surface area contributed by atoms with Crippen LogP contribution >= 0.6 is 0 Å². The first-order valence-electron chi connectivity index (χ1n) is 16.0. The Kier molecular flexibility index (Phi) is 11.0. The van der Waals surface area contributed by atoms with Crippen molar-refractivity contribution in [1.82, 2.24) is 19.4 Å². The van der Waals surface area contributed by atoms with E-state index in [0.29, 0.717) is 49.9 Å². The highest BCUT2D eigenvalue weighted by atomic mass is 16.7. The van der Waals surface area contributed by atoms with Crippen molar-refractivity contribution in [2.45, 2.75) is 97.1 Å². The van der Waals surface area contributed by atoms with Gasteiger partial charge in [0.1, 0.15) is 11.9 Å². The number of aryl methyl sites for hydroxylation is 1. The highest BCUT2D eigenvalue weighted by Gasteiger charge is 2.30. The molecule has 1 atom stereocenters. The summed E-state index contributed by atoms with van der Waals surface area (Å²) in [7, 11) is 0. The van der Waals surface area contributed by atoms with Gasteiger partial charge in [-0.05, 0) is 83.8 Å². The van der Waals surface area contributed by atoms with Crippen LogP contribution in [0.5, 0.6) is 5.88 Å². The van der Waals surface area contributed by atoms with E-state index in [4.69, 9.17) is 24.2 Å². The average Bonchev–Trinajstić information content (AvgIpc) is 3.66. The number of imidazole rings is 1. The molecule has 1 aliphatic carbocycles. The molecule has 0 bridgehead atoms. The van der Waals surface area contributed by atoms with Crippen LogP contribution in [0.3, 0.4) is 0 Å². The van der Waals surface area contributed by atoms with Crippen molar-refractivity contribution in [2.75, 3.05) is 25.1 Å². The van der Waals surface area contributed by atoms with Gasteiger partial charge in [-0.25, -0.2) is 9.97 Å². The number of pyridine rings is 1. The molecule has 10 heteroatoms. The van der Waals surface area contributed by atoms with E-state index in [-0.39, 0.29) is 30.2 Å². The molecule has 1 saturated carbocycles. The zero-order chi connectivity index (χ0) is 30.9. The Balaban J connectivity index is 1.46. The number of hydrogen-bond donors (Lipinski definition) is 1. The van der Waals surface area contributed by atoms with Crippen LogP contribution in [-0.4, -0.2) is 69.9 Å². The summed E-state index contributed by atoms with van der Waals surface area (Å²) in [5.41, 5.74) is 2.83. The standard InChI is InChI=1S/C34H45N5O5/c1-24(2)38(19-11-21-43-30-16-9-10-20-42-30)34(41)31-32(35-23-40)37-33(39(31)22-26-12-5-4-6-13-26)28-17-18-29(36-25(28)3)44-27-14-7-8-15-27/h4-6,12-13,17-18,23-24,27,30H,7-11,14-16,19-22H2,1-3H3,(H,35,40). The molecular formula is C34H45N5O5. The van der Waals surface area contributed by atoms with E-state index >= 15 is 0 Å². The normalized spacial score (nSPS) is 17.1. The molecule has 2 amide bonds. The molecule has 10 nitrogen and oxygen atoms in total. The van der Waals surface area contributed by atoms with Crippen LogP contribution in [0, 0.1) is 6.92 Å². The van der Waals surface area contributed by atoms with Crippen LogP contribution in [-0.2, 0) is 20.8 Å². The molecule has 0 radical (unpaired) electrons. The van der Waals surface area contributed by atoms with Crippen molar-refractivity contribution in [1.29, 1.82) is 0 Å². The molecule has 1 aliphatic heterocycles. The van der Waals surface area contributed by atoms with Crippen LogP contribution in [0.15, 0.2) is 42.5 Å². The third-order valence-electron chi connectivity index (χ3n) is 8.31. The van der Waals surface area contributed by atoms with Gasteiger partial charge in [-0.1, -0.05) is 30.3 Å². The molecule has 2 fully saturated rings. The minimum Gasteiger partial charge on any atom is -0.474 e. The number of nitrogens with one attached hydrogen (secondary N) is 1. The first-order chi connectivity index (χ1) is 21.4. The molecule has 44 heavy (non-hydrogen) atoms. The minimum atomic E-state index is -0.209. The molecule has 1 aromatic carbocycles. The van der Waals surface area contributed by atoms with Gasteiger partial charge < -0.3 is 29.0 Å². The van der Waals surface area contributed by atoms with Crippen molar-refractivity contribution >= 4 is 18.1 Å². The number of hydrogen-bond acceptors (Lipinski definition) is 7. The Morgan fingerprint density at radius 2 is 1.86 bits per heavy atom. The number of amides is 2. The second-order valence-electron chi connectivity index (χ2n) is 11.9. The number of ether oxygens (including phenoxy) is 3. The number of anilines is 1. The van der Waals surface area contributed by atoms with E-state index in [0.717, 1.165) is 55.5 Å². The molecule has 2 aromatic heterocycles. The average molecular weight is 604 g/mol. The third-order valence-corrected chi connectivity index (χ3v) is 8.31. The summed E-state index contributed by atoms with van der Waals surface area (Å²) >= 11 is 0. The van der Waals surface area contributed by atoms with Crippen molar-refractivity contribution < 1.29 is 23.8 Å². The number of aromatic nitrogens is 3. The number of carbonyl (C=O) groups is 2. The third kappa shape index (κ3) is 7.84. The fourth-order valence-corrected chi connectivity index (χ4v) is 5.99. The molecular weight excluding hydrogens is 558 g/mol. The van der Waals surface area contributed by atoms with Gasteiger partial charge >= 0.3 is 0 Å².